The molecule has 0 radical (unpaired) electrons. The fraction of sp³-hybridized carbons (Fsp3) is 0.174. The molecule has 2 aromatic carbocycles. The first-order chi connectivity index (χ1) is 15.2. The van der Waals surface area contributed by atoms with E-state index in [-0.39, 0.29) is 12.3 Å². The van der Waals surface area contributed by atoms with Crippen molar-refractivity contribution in [3.05, 3.63) is 88.6 Å². The van der Waals surface area contributed by atoms with E-state index in [0.717, 1.165) is 5.56 Å². The summed E-state index contributed by atoms with van der Waals surface area (Å²) in [6.45, 7) is 1.88. The van der Waals surface area contributed by atoms with Crippen LogP contribution in [0.3, 0.4) is 0 Å². The van der Waals surface area contributed by atoms with Gasteiger partial charge in [0.1, 0.15) is 11.5 Å². The Bertz CT molecular complexity index is 1180. The second-order valence-corrected chi connectivity index (χ2v) is 7.76. The van der Waals surface area contributed by atoms with Crippen molar-refractivity contribution in [2.75, 3.05) is 10.3 Å². The average Bonchev–Trinajstić information content (AvgIpc) is 3.20. The average molecular weight is 459 g/mol. The number of anilines is 2. The van der Waals surface area contributed by atoms with E-state index < -0.39 is 17.9 Å². The van der Waals surface area contributed by atoms with Crippen LogP contribution in [-0.2, 0) is 0 Å². The first-order valence-electron chi connectivity index (χ1n) is 9.75. The van der Waals surface area contributed by atoms with Gasteiger partial charge in [-0.1, -0.05) is 35.9 Å². The molecule has 1 aromatic heterocycles. The monoisotopic (exact) mass is 458 g/mol. The van der Waals surface area contributed by atoms with Crippen molar-refractivity contribution in [1.29, 1.82) is 0 Å². The minimum atomic E-state index is -4.55. The van der Waals surface area contributed by atoms with Crippen LogP contribution in [0, 0.1) is 6.92 Å². The first-order valence-corrected chi connectivity index (χ1v) is 10.1. The number of alkyl halides is 3. The summed E-state index contributed by atoms with van der Waals surface area (Å²) < 4.78 is 40.2. The van der Waals surface area contributed by atoms with Gasteiger partial charge in [0.2, 0.25) is 0 Å². The fourth-order valence-electron chi connectivity index (χ4n) is 3.45. The molecule has 164 valence electrons. The molecule has 1 aliphatic heterocycles. The molecule has 0 saturated heterocycles. The number of nitrogens with zero attached hydrogens (tertiary/aromatic N) is 3. The highest BCUT2D eigenvalue weighted by molar-refractivity contribution is 6.33. The fourth-order valence-corrected chi connectivity index (χ4v) is 3.67. The van der Waals surface area contributed by atoms with Crippen molar-refractivity contribution in [1.82, 2.24) is 4.98 Å². The molecule has 0 saturated carbocycles. The van der Waals surface area contributed by atoms with Crippen molar-refractivity contribution in [2.45, 2.75) is 25.6 Å². The van der Waals surface area contributed by atoms with Crippen molar-refractivity contribution >= 4 is 34.7 Å². The number of pyridine rings is 1. The first kappa shape index (κ1) is 21.8. The number of halogens is 4. The molecule has 1 amide bonds. The second-order valence-electron chi connectivity index (χ2n) is 7.35. The lowest BCUT2D eigenvalue weighted by Crippen LogP contribution is -2.21. The van der Waals surface area contributed by atoms with E-state index in [4.69, 9.17) is 11.6 Å². The zero-order valence-electron chi connectivity index (χ0n) is 16.9. The number of carbonyl (C=O) groups is 1. The number of para-hydroxylation sites is 1. The molecule has 1 aliphatic rings. The number of aromatic nitrogens is 1. The van der Waals surface area contributed by atoms with E-state index in [9.17, 15) is 18.0 Å². The maximum absolute atomic E-state index is 13.4. The molecule has 2 heterocycles. The summed E-state index contributed by atoms with van der Waals surface area (Å²) in [7, 11) is 0. The van der Waals surface area contributed by atoms with Crippen LogP contribution in [0.1, 0.15) is 33.9 Å². The molecule has 1 unspecified atom stereocenters. The van der Waals surface area contributed by atoms with E-state index in [0.29, 0.717) is 27.7 Å². The van der Waals surface area contributed by atoms with Crippen LogP contribution < -0.4 is 10.3 Å². The summed E-state index contributed by atoms with van der Waals surface area (Å²) in [5, 5.41) is 8.12. The topological polar surface area (TPSA) is 57.6 Å². The zero-order chi connectivity index (χ0) is 22.9. The maximum Gasteiger partial charge on any atom is 0.431 e. The van der Waals surface area contributed by atoms with Crippen molar-refractivity contribution in [3.8, 4) is 0 Å². The molecule has 1 atom stereocenters. The number of carbonyl (C=O) groups excluding carboxylic acids is 1. The van der Waals surface area contributed by atoms with Crippen LogP contribution in [0.15, 0.2) is 72.0 Å². The number of aryl methyl sites for hydroxylation is 1. The number of hydrogen-bond acceptors (Lipinski definition) is 4. The van der Waals surface area contributed by atoms with Crippen molar-refractivity contribution in [3.63, 3.8) is 0 Å². The van der Waals surface area contributed by atoms with E-state index in [1.54, 1.807) is 60.8 Å². The van der Waals surface area contributed by atoms with Gasteiger partial charge in [0.15, 0.2) is 0 Å². The Morgan fingerprint density at radius 3 is 2.50 bits per heavy atom. The third kappa shape index (κ3) is 4.60. The third-order valence-electron chi connectivity index (χ3n) is 5.05. The van der Waals surface area contributed by atoms with Gasteiger partial charge >= 0.3 is 6.18 Å². The largest absolute Gasteiger partial charge is 0.431 e. The van der Waals surface area contributed by atoms with E-state index >= 15 is 0 Å². The Hall–Kier alpha value is -3.39. The van der Waals surface area contributed by atoms with Crippen molar-refractivity contribution < 1.29 is 18.0 Å². The molecular weight excluding hydrogens is 441 g/mol. The Labute approximate surface area is 187 Å². The predicted molar refractivity (Wildman–Crippen MR) is 118 cm³/mol. The van der Waals surface area contributed by atoms with Crippen LogP contribution in [-0.4, -0.2) is 22.8 Å². The number of nitrogens with one attached hydrogen (secondary N) is 1. The summed E-state index contributed by atoms with van der Waals surface area (Å²) in [6, 6.07) is 15.8. The molecule has 3 aromatic rings. The van der Waals surface area contributed by atoms with Gasteiger partial charge in [-0.25, -0.2) is 4.98 Å². The number of benzene rings is 2. The van der Waals surface area contributed by atoms with E-state index in [1.807, 2.05) is 13.0 Å². The lowest BCUT2D eigenvalue weighted by molar-refractivity contribution is -0.0600. The maximum atomic E-state index is 13.4. The van der Waals surface area contributed by atoms with Crippen LogP contribution in [0.25, 0.3) is 0 Å². The Morgan fingerprint density at radius 1 is 1.12 bits per heavy atom. The normalized spacial score (nSPS) is 16.1. The standard InChI is InChI=1S/C23H18ClF3N4O/c1-14-10-11-28-21(12-14)29-22(32)16-8-6-15(7-9-16)19-13-20(23(25,26)27)30-31(19)18-5-3-2-4-17(18)24/h2-12,19H,13H2,1H3,(H,28,29,32). The number of hydrazone groups is 1. The molecule has 0 bridgehead atoms. The quantitative estimate of drug-likeness (QED) is 0.509. The zero-order valence-corrected chi connectivity index (χ0v) is 17.7. The lowest BCUT2D eigenvalue weighted by Gasteiger charge is -2.25. The molecule has 0 spiro atoms. The minimum Gasteiger partial charge on any atom is -0.307 e. The van der Waals surface area contributed by atoms with Gasteiger partial charge in [-0.15, -0.1) is 0 Å². The number of rotatable bonds is 4. The summed E-state index contributed by atoms with van der Waals surface area (Å²) in [4.78, 5) is 16.6. The van der Waals surface area contributed by atoms with Crippen LogP contribution in [0.4, 0.5) is 24.7 Å². The summed E-state index contributed by atoms with van der Waals surface area (Å²) in [5.74, 6) is 0.0549. The van der Waals surface area contributed by atoms with Gasteiger partial charge in [0, 0.05) is 18.2 Å². The highest BCUT2D eigenvalue weighted by atomic mass is 35.5. The van der Waals surface area contributed by atoms with Crippen LogP contribution in [0.5, 0.6) is 0 Å². The molecule has 0 aliphatic carbocycles. The van der Waals surface area contributed by atoms with E-state index in [1.165, 1.54) is 5.01 Å². The second kappa shape index (κ2) is 8.63. The highest BCUT2D eigenvalue weighted by Crippen LogP contribution is 2.41. The third-order valence-corrected chi connectivity index (χ3v) is 5.37. The lowest BCUT2D eigenvalue weighted by atomic mass is 9.99. The van der Waals surface area contributed by atoms with Gasteiger partial charge in [-0.05, 0) is 54.4 Å². The Morgan fingerprint density at radius 2 is 1.84 bits per heavy atom. The Balaban J connectivity index is 1.59. The number of amides is 1. The van der Waals surface area contributed by atoms with Crippen molar-refractivity contribution in [2.24, 2.45) is 5.10 Å². The highest BCUT2D eigenvalue weighted by Gasteiger charge is 2.43. The predicted octanol–water partition coefficient (Wildman–Crippen LogP) is 6.17. The molecule has 0 fully saturated rings. The smallest absolute Gasteiger partial charge is 0.307 e. The van der Waals surface area contributed by atoms with Crippen LogP contribution >= 0.6 is 11.6 Å². The van der Waals surface area contributed by atoms with Gasteiger partial charge in [-0.3, -0.25) is 9.80 Å². The molecule has 9 heteroatoms. The molecule has 4 rings (SSSR count). The summed E-state index contributed by atoms with van der Waals surface area (Å²) >= 11 is 6.22. The van der Waals surface area contributed by atoms with Gasteiger partial charge < -0.3 is 5.32 Å². The SMILES string of the molecule is Cc1ccnc(NC(=O)c2ccc(C3CC(C(F)(F)F)=NN3c3ccccc3Cl)cc2)c1. The molecule has 1 N–H and O–H groups in total. The van der Waals surface area contributed by atoms with Gasteiger partial charge in [-0.2, -0.15) is 18.3 Å². The molecule has 5 nitrogen and oxygen atoms in total. The van der Waals surface area contributed by atoms with E-state index in [2.05, 4.69) is 15.4 Å². The van der Waals surface area contributed by atoms with Crippen LogP contribution in [0.2, 0.25) is 5.02 Å². The van der Waals surface area contributed by atoms with Gasteiger partial charge in [0.25, 0.3) is 5.91 Å². The minimum absolute atomic E-state index is 0.298. The molecular formula is C23H18ClF3N4O. The summed E-state index contributed by atoms with van der Waals surface area (Å²) in [6.07, 6.45) is -3.28. The Kier molecular flexibility index (Phi) is 5.88. The number of hydrogen-bond donors (Lipinski definition) is 1. The summed E-state index contributed by atoms with van der Waals surface area (Å²) in [5.41, 5.74) is 1.39. The van der Waals surface area contributed by atoms with Gasteiger partial charge in [0.05, 0.1) is 16.8 Å². The molecule has 32 heavy (non-hydrogen) atoms.